The Bertz CT molecular complexity index is 701. The van der Waals surface area contributed by atoms with Crippen molar-refractivity contribution in [2.24, 2.45) is 10.7 Å². The largest absolute Gasteiger partial charge is 0.497 e. The summed E-state index contributed by atoms with van der Waals surface area (Å²) in [6.45, 7) is 6.88. The molecule has 2 aromatic rings. The van der Waals surface area contributed by atoms with Crippen LogP contribution in [-0.4, -0.2) is 35.3 Å². The third-order valence-corrected chi connectivity index (χ3v) is 3.65. The van der Waals surface area contributed by atoms with Crippen molar-refractivity contribution in [1.82, 2.24) is 15.5 Å². The van der Waals surface area contributed by atoms with Crippen molar-refractivity contribution in [2.75, 3.05) is 13.7 Å². The van der Waals surface area contributed by atoms with Gasteiger partial charge in [0.15, 0.2) is 5.96 Å². The van der Waals surface area contributed by atoms with Crippen LogP contribution >= 0.6 is 0 Å². The fourth-order valence-corrected chi connectivity index (χ4v) is 2.40. The highest BCUT2D eigenvalue weighted by Crippen LogP contribution is 2.20. The Morgan fingerprint density at radius 3 is 2.58 bits per heavy atom. The quantitative estimate of drug-likeness (QED) is 0.427. The van der Waals surface area contributed by atoms with Crippen molar-refractivity contribution < 1.29 is 9.26 Å². The molecule has 1 heterocycles. The average molecular weight is 359 g/mol. The van der Waals surface area contributed by atoms with E-state index in [1.165, 1.54) is 0 Å². The molecule has 0 unspecified atom stereocenters. The molecule has 0 fully saturated rings. The third-order valence-electron chi connectivity index (χ3n) is 3.65. The summed E-state index contributed by atoms with van der Waals surface area (Å²) in [6.07, 6.45) is 3.76. The summed E-state index contributed by atoms with van der Waals surface area (Å²) < 4.78 is 10.5. The molecule has 0 atom stereocenters. The van der Waals surface area contributed by atoms with Gasteiger partial charge in [-0.15, -0.1) is 0 Å². The summed E-state index contributed by atoms with van der Waals surface area (Å²) in [6, 6.07) is 7.60. The zero-order valence-electron chi connectivity index (χ0n) is 16.1. The van der Waals surface area contributed by atoms with Crippen LogP contribution in [0.15, 0.2) is 33.8 Å². The number of unbranched alkanes of at least 4 members (excludes halogenated alkanes) is 2. The predicted octanol–water partition coefficient (Wildman–Crippen LogP) is 3.16. The third kappa shape index (κ3) is 6.74. The molecule has 0 aliphatic heterocycles. The van der Waals surface area contributed by atoms with Gasteiger partial charge in [-0.1, -0.05) is 11.6 Å². The number of nitrogens with one attached hydrogen (secondary N) is 1. The van der Waals surface area contributed by atoms with E-state index in [4.69, 9.17) is 15.0 Å². The van der Waals surface area contributed by atoms with Crippen molar-refractivity contribution in [3.05, 3.63) is 30.2 Å². The minimum Gasteiger partial charge on any atom is -0.497 e. The molecular weight excluding hydrogens is 330 g/mol. The van der Waals surface area contributed by atoms with E-state index >= 15 is 0 Å². The van der Waals surface area contributed by atoms with Crippen molar-refractivity contribution in [1.29, 1.82) is 0 Å². The highest BCUT2D eigenvalue weighted by atomic mass is 16.5. The zero-order chi connectivity index (χ0) is 19.0. The first-order chi connectivity index (χ1) is 12.4. The van der Waals surface area contributed by atoms with E-state index < -0.39 is 0 Å². The number of aliphatic imine (C=N–C) groups is 1. The lowest BCUT2D eigenvalue weighted by atomic mass is 10.1. The van der Waals surface area contributed by atoms with Crippen LogP contribution in [0, 0.1) is 0 Å². The number of ether oxygens (including phenoxy) is 1. The van der Waals surface area contributed by atoms with E-state index in [1.807, 2.05) is 24.3 Å². The Labute approximate surface area is 155 Å². The van der Waals surface area contributed by atoms with Crippen LogP contribution in [0.25, 0.3) is 11.4 Å². The molecule has 0 aliphatic rings. The molecule has 1 aromatic heterocycles. The van der Waals surface area contributed by atoms with E-state index in [9.17, 15) is 0 Å². The van der Waals surface area contributed by atoms with Gasteiger partial charge in [-0.2, -0.15) is 4.98 Å². The number of nitrogens with two attached hydrogens (primary N) is 1. The van der Waals surface area contributed by atoms with Gasteiger partial charge in [-0.05, 0) is 57.9 Å². The molecule has 7 nitrogen and oxygen atoms in total. The first-order valence-corrected chi connectivity index (χ1v) is 8.92. The number of benzene rings is 1. The van der Waals surface area contributed by atoms with Crippen LogP contribution in [0.2, 0.25) is 0 Å². The fourth-order valence-electron chi connectivity index (χ4n) is 2.40. The van der Waals surface area contributed by atoms with E-state index in [1.54, 1.807) is 7.11 Å². The summed E-state index contributed by atoms with van der Waals surface area (Å²) in [4.78, 5) is 8.78. The maximum atomic E-state index is 5.84. The average Bonchev–Trinajstić information content (AvgIpc) is 3.05. The smallest absolute Gasteiger partial charge is 0.226 e. The standard InChI is InChI=1S/C19H29N5O2/c1-19(2,3)23-18(20)21-13-7-5-6-8-16-22-17(24-26-16)14-9-11-15(25-4)12-10-14/h9-12H,5-8,13H2,1-4H3,(H3,20,21,23). The molecule has 3 N–H and O–H groups in total. The Morgan fingerprint density at radius 1 is 1.19 bits per heavy atom. The SMILES string of the molecule is COc1ccc(-c2noc(CCCCCN=C(N)NC(C)(C)C)n2)cc1. The van der Waals surface area contributed by atoms with E-state index in [0.717, 1.165) is 43.5 Å². The van der Waals surface area contributed by atoms with Gasteiger partial charge in [0.05, 0.1) is 7.11 Å². The molecule has 0 radical (unpaired) electrons. The van der Waals surface area contributed by atoms with E-state index in [0.29, 0.717) is 17.7 Å². The first kappa shape index (κ1) is 19.8. The zero-order valence-corrected chi connectivity index (χ0v) is 16.1. The topological polar surface area (TPSA) is 98.6 Å². The van der Waals surface area contributed by atoms with Crippen molar-refractivity contribution >= 4 is 5.96 Å². The first-order valence-electron chi connectivity index (χ1n) is 8.92. The Kier molecular flexibility index (Phi) is 7.00. The lowest BCUT2D eigenvalue weighted by Crippen LogP contribution is -2.45. The van der Waals surface area contributed by atoms with Gasteiger partial charge in [-0.3, -0.25) is 4.99 Å². The molecule has 26 heavy (non-hydrogen) atoms. The van der Waals surface area contributed by atoms with Gasteiger partial charge in [0, 0.05) is 24.1 Å². The van der Waals surface area contributed by atoms with Crippen LogP contribution in [0.5, 0.6) is 5.75 Å². The number of hydrogen-bond donors (Lipinski definition) is 2. The van der Waals surface area contributed by atoms with Gasteiger partial charge in [-0.25, -0.2) is 0 Å². The molecule has 0 saturated heterocycles. The number of methoxy groups -OCH3 is 1. The summed E-state index contributed by atoms with van der Waals surface area (Å²) in [5.74, 6) is 2.57. The van der Waals surface area contributed by atoms with Gasteiger partial charge in [0.1, 0.15) is 5.75 Å². The molecule has 142 valence electrons. The number of aromatic nitrogens is 2. The Morgan fingerprint density at radius 2 is 1.92 bits per heavy atom. The fraction of sp³-hybridized carbons (Fsp3) is 0.526. The normalized spacial score (nSPS) is 12.2. The maximum absolute atomic E-state index is 5.84. The van der Waals surface area contributed by atoms with Crippen LogP contribution < -0.4 is 15.8 Å². The summed E-state index contributed by atoms with van der Waals surface area (Å²) in [7, 11) is 1.64. The number of rotatable bonds is 8. The molecule has 2 rings (SSSR count). The van der Waals surface area contributed by atoms with Gasteiger partial charge >= 0.3 is 0 Å². The molecule has 0 saturated carbocycles. The molecule has 0 spiro atoms. The van der Waals surface area contributed by atoms with Crippen molar-refractivity contribution in [3.63, 3.8) is 0 Å². The van der Waals surface area contributed by atoms with E-state index in [2.05, 4.69) is 41.2 Å². The number of hydrogen-bond acceptors (Lipinski definition) is 5. The van der Waals surface area contributed by atoms with Crippen LogP contribution in [0.4, 0.5) is 0 Å². The van der Waals surface area contributed by atoms with Gasteiger partial charge < -0.3 is 20.3 Å². The maximum Gasteiger partial charge on any atom is 0.226 e. The number of nitrogens with zero attached hydrogens (tertiary/aromatic N) is 3. The van der Waals surface area contributed by atoms with Crippen molar-refractivity contribution in [2.45, 2.75) is 52.0 Å². The van der Waals surface area contributed by atoms with Crippen LogP contribution in [-0.2, 0) is 6.42 Å². The molecule has 1 aromatic carbocycles. The monoisotopic (exact) mass is 359 g/mol. The van der Waals surface area contributed by atoms with Gasteiger partial charge in [0.2, 0.25) is 11.7 Å². The second-order valence-electron chi connectivity index (χ2n) is 7.19. The number of aryl methyl sites for hydroxylation is 1. The summed E-state index contributed by atoms with van der Waals surface area (Å²) >= 11 is 0. The van der Waals surface area contributed by atoms with Gasteiger partial charge in [0.25, 0.3) is 0 Å². The number of guanidine groups is 1. The molecular formula is C19H29N5O2. The lowest BCUT2D eigenvalue weighted by molar-refractivity contribution is 0.374. The minimum atomic E-state index is -0.0624. The highest BCUT2D eigenvalue weighted by Gasteiger charge is 2.10. The van der Waals surface area contributed by atoms with Crippen molar-refractivity contribution in [3.8, 4) is 17.1 Å². The second-order valence-corrected chi connectivity index (χ2v) is 7.19. The Balaban J connectivity index is 1.70. The predicted molar refractivity (Wildman–Crippen MR) is 103 cm³/mol. The van der Waals surface area contributed by atoms with E-state index in [-0.39, 0.29) is 5.54 Å². The molecule has 0 bridgehead atoms. The summed E-state index contributed by atoms with van der Waals surface area (Å²) in [5.41, 5.74) is 6.69. The van der Waals surface area contributed by atoms with Crippen LogP contribution in [0.1, 0.15) is 45.9 Å². The molecule has 0 aliphatic carbocycles. The molecule has 0 amide bonds. The molecule has 7 heteroatoms. The van der Waals surface area contributed by atoms with Crippen LogP contribution in [0.3, 0.4) is 0 Å². The Hall–Kier alpha value is -2.57. The second kappa shape index (κ2) is 9.22. The minimum absolute atomic E-state index is 0.0624. The highest BCUT2D eigenvalue weighted by molar-refractivity contribution is 5.78. The summed E-state index contributed by atoms with van der Waals surface area (Å²) in [5, 5.41) is 7.19. The lowest BCUT2D eigenvalue weighted by Gasteiger charge is -2.20.